The molecule has 102 valence electrons. The molecule has 0 saturated carbocycles. The van der Waals surface area contributed by atoms with Gasteiger partial charge in [0.25, 0.3) is 0 Å². The first kappa shape index (κ1) is 15.0. The molecule has 0 radical (unpaired) electrons. The van der Waals surface area contributed by atoms with E-state index in [4.69, 9.17) is 4.74 Å². The molecule has 18 heavy (non-hydrogen) atoms. The number of hydrogen-bond acceptors (Lipinski definition) is 2. The maximum Gasteiger partial charge on any atom is 0.119 e. The van der Waals surface area contributed by atoms with Crippen LogP contribution in [0.15, 0.2) is 24.3 Å². The Labute approximate surface area is 112 Å². The van der Waals surface area contributed by atoms with Crippen molar-refractivity contribution in [3.05, 3.63) is 29.8 Å². The molecular weight excluding hydrogens is 222 g/mol. The zero-order valence-electron chi connectivity index (χ0n) is 12.2. The number of benzene rings is 1. The topological polar surface area (TPSA) is 21.3 Å². The second kappa shape index (κ2) is 8.15. The van der Waals surface area contributed by atoms with Gasteiger partial charge in [0.05, 0.1) is 6.61 Å². The molecule has 0 aliphatic rings. The molecule has 0 aliphatic heterocycles. The normalized spacial score (nSPS) is 11.2. The second-order valence-electron chi connectivity index (χ2n) is 5.71. The number of ether oxygens (including phenoxy) is 1. The maximum absolute atomic E-state index is 5.66. The summed E-state index contributed by atoms with van der Waals surface area (Å²) in [6, 6.07) is 8.39. The fourth-order valence-electron chi connectivity index (χ4n) is 1.59. The van der Waals surface area contributed by atoms with Gasteiger partial charge in [-0.2, -0.15) is 0 Å². The van der Waals surface area contributed by atoms with Gasteiger partial charge in [0.1, 0.15) is 5.75 Å². The van der Waals surface area contributed by atoms with Crippen LogP contribution in [0.3, 0.4) is 0 Å². The van der Waals surface area contributed by atoms with Crippen molar-refractivity contribution in [2.24, 2.45) is 11.8 Å². The lowest BCUT2D eigenvalue weighted by Crippen LogP contribution is -2.16. The van der Waals surface area contributed by atoms with Crippen LogP contribution >= 0.6 is 0 Å². The minimum absolute atomic E-state index is 0.572. The standard InChI is InChI=1S/C16H27NO/c1-13(2)9-10-17-11-15-5-7-16(8-6-15)18-12-14(3)4/h5-8,13-14,17H,9-12H2,1-4H3. The fourth-order valence-corrected chi connectivity index (χ4v) is 1.59. The average Bonchev–Trinajstić information content (AvgIpc) is 2.33. The van der Waals surface area contributed by atoms with E-state index in [1.807, 2.05) is 0 Å². The van der Waals surface area contributed by atoms with Crippen molar-refractivity contribution in [3.63, 3.8) is 0 Å². The summed E-state index contributed by atoms with van der Waals surface area (Å²) in [6.45, 7) is 11.6. The van der Waals surface area contributed by atoms with Gasteiger partial charge < -0.3 is 10.1 Å². The Morgan fingerprint density at radius 1 is 1.00 bits per heavy atom. The van der Waals surface area contributed by atoms with Crippen molar-refractivity contribution >= 4 is 0 Å². The highest BCUT2D eigenvalue weighted by Crippen LogP contribution is 2.13. The van der Waals surface area contributed by atoms with Crippen molar-refractivity contribution in [1.29, 1.82) is 0 Å². The Hall–Kier alpha value is -1.02. The lowest BCUT2D eigenvalue weighted by molar-refractivity contribution is 0.271. The Balaban J connectivity index is 2.27. The molecule has 0 fully saturated rings. The van der Waals surface area contributed by atoms with Gasteiger partial charge in [-0.3, -0.25) is 0 Å². The van der Waals surface area contributed by atoms with Crippen LogP contribution in [-0.4, -0.2) is 13.2 Å². The van der Waals surface area contributed by atoms with Crippen LogP contribution in [0.5, 0.6) is 5.75 Å². The van der Waals surface area contributed by atoms with E-state index in [-0.39, 0.29) is 0 Å². The minimum atomic E-state index is 0.572. The lowest BCUT2D eigenvalue weighted by atomic mass is 10.1. The average molecular weight is 249 g/mol. The molecule has 0 aromatic heterocycles. The summed E-state index contributed by atoms with van der Waals surface area (Å²) < 4.78 is 5.66. The molecule has 0 aliphatic carbocycles. The third-order valence-electron chi connectivity index (χ3n) is 2.73. The van der Waals surface area contributed by atoms with Crippen LogP contribution in [0.2, 0.25) is 0 Å². The van der Waals surface area contributed by atoms with E-state index < -0.39 is 0 Å². The van der Waals surface area contributed by atoms with Gasteiger partial charge in [-0.1, -0.05) is 39.8 Å². The van der Waals surface area contributed by atoms with Crippen molar-refractivity contribution in [2.75, 3.05) is 13.2 Å². The predicted molar refractivity (Wildman–Crippen MR) is 77.9 cm³/mol. The van der Waals surface area contributed by atoms with Crippen LogP contribution in [-0.2, 0) is 6.54 Å². The SMILES string of the molecule is CC(C)CCNCc1ccc(OCC(C)C)cc1. The van der Waals surface area contributed by atoms with Crippen molar-refractivity contribution in [2.45, 2.75) is 40.7 Å². The van der Waals surface area contributed by atoms with E-state index >= 15 is 0 Å². The van der Waals surface area contributed by atoms with E-state index in [0.717, 1.165) is 31.4 Å². The van der Waals surface area contributed by atoms with Crippen molar-refractivity contribution in [3.8, 4) is 5.75 Å². The first-order valence-electron chi connectivity index (χ1n) is 7.00. The summed E-state index contributed by atoms with van der Waals surface area (Å²) in [5, 5.41) is 3.46. The summed E-state index contributed by atoms with van der Waals surface area (Å²) in [5.41, 5.74) is 1.32. The first-order valence-corrected chi connectivity index (χ1v) is 7.00. The molecule has 1 aromatic rings. The van der Waals surface area contributed by atoms with Crippen LogP contribution < -0.4 is 10.1 Å². The summed E-state index contributed by atoms with van der Waals surface area (Å²) in [7, 11) is 0. The number of rotatable bonds is 8. The van der Waals surface area contributed by atoms with Gasteiger partial charge in [-0.25, -0.2) is 0 Å². The van der Waals surface area contributed by atoms with E-state index in [9.17, 15) is 0 Å². The van der Waals surface area contributed by atoms with Crippen LogP contribution in [0.1, 0.15) is 39.7 Å². The molecule has 0 unspecified atom stereocenters. The van der Waals surface area contributed by atoms with Gasteiger partial charge in [-0.15, -0.1) is 0 Å². The Morgan fingerprint density at radius 3 is 2.22 bits per heavy atom. The highest BCUT2D eigenvalue weighted by Gasteiger charge is 1.98. The van der Waals surface area contributed by atoms with Crippen molar-refractivity contribution < 1.29 is 4.74 Å². The van der Waals surface area contributed by atoms with Crippen LogP contribution in [0.25, 0.3) is 0 Å². The van der Waals surface area contributed by atoms with Gasteiger partial charge >= 0.3 is 0 Å². The molecule has 0 atom stereocenters. The van der Waals surface area contributed by atoms with Crippen LogP contribution in [0.4, 0.5) is 0 Å². The molecule has 0 spiro atoms. The van der Waals surface area contributed by atoms with Crippen molar-refractivity contribution in [1.82, 2.24) is 5.32 Å². The van der Waals surface area contributed by atoms with Gasteiger partial charge in [0.15, 0.2) is 0 Å². The van der Waals surface area contributed by atoms with E-state index in [2.05, 4.69) is 57.3 Å². The molecule has 0 amide bonds. The number of hydrogen-bond donors (Lipinski definition) is 1. The largest absolute Gasteiger partial charge is 0.493 e. The molecule has 0 bridgehead atoms. The zero-order valence-corrected chi connectivity index (χ0v) is 12.2. The Bertz CT molecular complexity index is 316. The molecule has 0 heterocycles. The number of nitrogens with one attached hydrogen (secondary N) is 1. The quantitative estimate of drug-likeness (QED) is 0.706. The summed E-state index contributed by atoms with van der Waals surface area (Å²) in [4.78, 5) is 0. The second-order valence-corrected chi connectivity index (χ2v) is 5.71. The molecule has 0 saturated heterocycles. The third kappa shape index (κ3) is 6.65. The van der Waals surface area contributed by atoms with E-state index in [1.165, 1.54) is 12.0 Å². The summed E-state index contributed by atoms with van der Waals surface area (Å²) >= 11 is 0. The molecule has 2 heteroatoms. The van der Waals surface area contributed by atoms with Gasteiger partial charge in [0, 0.05) is 6.54 Å². The smallest absolute Gasteiger partial charge is 0.119 e. The highest BCUT2D eigenvalue weighted by molar-refractivity contribution is 5.27. The lowest BCUT2D eigenvalue weighted by Gasteiger charge is -2.10. The predicted octanol–water partition coefficient (Wildman–Crippen LogP) is 3.86. The van der Waals surface area contributed by atoms with Gasteiger partial charge in [-0.05, 0) is 42.5 Å². The molecule has 1 N–H and O–H groups in total. The molecule has 2 nitrogen and oxygen atoms in total. The molecule has 1 aromatic carbocycles. The first-order chi connectivity index (χ1) is 8.58. The summed E-state index contributed by atoms with van der Waals surface area (Å²) in [6.07, 6.45) is 1.23. The monoisotopic (exact) mass is 249 g/mol. The Morgan fingerprint density at radius 2 is 1.67 bits per heavy atom. The highest BCUT2D eigenvalue weighted by atomic mass is 16.5. The zero-order chi connectivity index (χ0) is 13.4. The van der Waals surface area contributed by atoms with Crippen LogP contribution in [0, 0.1) is 11.8 Å². The fraction of sp³-hybridized carbons (Fsp3) is 0.625. The third-order valence-corrected chi connectivity index (χ3v) is 2.73. The molecule has 1 rings (SSSR count). The van der Waals surface area contributed by atoms with E-state index in [0.29, 0.717) is 5.92 Å². The molecular formula is C16H27NO. The minimum Gasteiger partial charge on any atom is -0.493 e. The van der Waals surface area contributed by atoms with E-state index in [1.54, 1.807) is 0 Å². The maximum atomic E-state index is 5.66. The van der Waals surface area contributed by atoms with Gasteiger partial charge in [0.2, 0.25) is 0 Å². The summed E-state index contributed by atoms with van der Waals surface area (Å²) in [5.74, 6) is 2.31. The Kier molecular flexibility index (Phi) is 6.81.